The van der Waals surface area contributed by atoms with Gasteiger partial charge in [0.25, 0.3) is 0 Å². The zero-order valence-corrected chi connectivity index (χ0v) is 11.1. The highest BCUT2D eigenvalue weighted by Crippen LogP contribution is 2.22. The lowest BCUT2D eigenvalue weighted by molar-refractivity contribution is -0.139. The number of aromatic nitrogens is 2. The number of imidazole rings is 1. The maximum Gasteiger partial charge on any atom is 0.322 e. The zero-order valence-electron chi connectivity index (χ0n) is 11.1. The summed E-state index contributed by atoms with van der Waals surface area (Å²) < 4.78 is 2.08. The van der Waals surface area contributed by atoms with Crippen LogP contribution in [0, 0.1) is 6.92 Å². The molecular formula is C13H21N3O2. The molecule has 1 aromatic heterocycles. The number of hydrogen-bond donors (Lipinski definition) is 2. The maximum atomic E-state index is 11.2. The van der Waals surface area contributed by atoms with Crippen LogP contribution >= 0.6 is 0 Å². The van der Waals surface area contributed by atoms with Crippen LogP contribution in [0.3, 0.4) is 0 Å². The molecule has 100 valence electrons. The molecule has 0 aliphatic heterocycles. The molecule has 1 aromatic rings. The summed E-state index contributed by atoms with van der Waals surface area (Å²) in [6.07, 6.45) is 4.42. The van der Waals surface area contributed by atoms with Crippen molar-refractivity contribution in [2.24, 2.45) is 0 Å². The van der Waals surface area contributed by atoms with Crippen LogP contribution in [-0.4, -0.2) is 33.2 Å². The van der Waals surface area contributed by atoms with Crippen LogP contribution < -0.4 is 5.32 Å². The first-order chi connectivity index (χ1) is 8.63. The summed E-state index contributed by atoms with van der Waals surface area (Å²) in [5.41, 5.74) is 2.40. The van der Waals surface area contributed by atoms with Gasteiger partial charge in [0.2, 0.25) is 0 Å². The quantitative estimate of drug-likeness (QED) is 0.823. The summed E-state index contributed by atoms with van der Waals surface area (Å²) in [5.74, 6) is 0.139. The number of aryl methyl sites for hydroxylation is 2. The van der Waals surface area contributed by atoms with Crippen LogP contribution in [-0.2, 0) is 24.2 Å². The first-order valence-electron chi connectivity index (χ1n) is 6.64. The number of carbonyl (C=O) groups is 1. The van der Waals surface area contributed by atoms with Gasteiger partial charge < -0.3 is 15.0 Å². The molecule has 1 aliphatic rings. The largest absolute Gasteiger partial charge is 0.480 e. The van der Waals surface area contributed by atoms with Gasteiger partial charge in [-0.2, -0.15) is 0 Å². The van der Waals surface area contributed by atoms with Crippen LogP contribution in [0.2, 0.25) is 0 Å². The molecule has 2 N–H and O–H groups in total. The fourth-order valence-electron chi connectivity index (χ4n) is 2.64. The van der Waals surface area contributed by atoms with Gasteiger partial charge in [0, 0.05) is 5.69 Å². The van der Waals surface area contributed by atoms with E-state index in [1.54, 1.807) is 0 Å². The third-order valence-corrected chi connectivity index (χ3v) is 3.54. The van der Waals surface area contributed by atoms with E-state index in [-0.39, 0.29) is 0 Å². The number of hydrogen-bond acceptors (Lipinski definition) is 3. The minimum Gasteiger partial charge on any atom is -0.480 e. The van der Waals surface area contributed by atoms with Gasteiger partial charge in [-0.15, -0.1) is 0 Å². The van der Waals surface area contributed by atoms with Crippen molar-refractivity contribution in [1.29, 1.82) is 0 Å². The lowest BCUT2D eigenvalue weighted by atomic mass is 10.0. The summed E-state index contributed by atoms with van der Waals surface area (Å²) in [6, 6.07) is -0.533. The summed E-state index contributed by atoms with van der Waals surface area (Å²) in [7, 11) is 0. The van der Waals surface area contributed by atoms with E-state index in [9.17, 15) is 9.90 Å². The van der Waals surface area contributed by atoms with E-state index in [0.717, 1.165) is 18.7 Å². The first kappa shape index (κ1) is 13.1. The Hall–Kier alpha value is -1.36. The molecule has 1 heterocycles. The molecule has 2 rings (SSSR count). The Morgan fingerprint density at radius 1 is 1.50 bits per heavy atom. The van der Waals surface area contributed by atoms with Gasteiger partial charge in [-0.25, -0.2) is 4.98 Å². The number of rotatable bonds is 5. The van der Waals surface area contributed by atoms with E-state index in [2.05, 4.69) is 14.9 Å². The van der Waals surface area contributed by atoms with E-state index in [1.807, 2.05) is 13.8 Å². The van der Waals surface area contributed by atoms with Crippen molar-refractivity contribution in [1.82, 2.24) is 14.9 Å². The molecule has 0 bridgehead atoms. The molecule has 1 unspecified atom stereocenters. The average Bonchev–Trinajstić information content (AvgIpc) is 2.65. The minimum absolute atomic E-state index is 0.470. The Bertz CT molecular complexity index is 440. The highest BCUT2D eigenvalue weighted by Gasteiger charge is 2.23. The molecular weight excluding hydrogens is 230 g/mol. The molecule has 0 spiro atoms. The van der Waals surface area contributed by atoms with Gasteiger partial charge in [0.1, 0.15) is 11.9 Å². The zero-order chi connectivity index (χ0) is 13.1. The molecule has 5 nitrogen and oxygen atoms in total. The normalized spacial score (nSPS) is 16.3. The Morgan fingerprint density at radius 2 is 2.22 bits per heavy atom. The lowest BCUT2D eigenvalue weighted by Gasteiger charge is -2.19. The smallest absolute Gasteiger partial charge is 0.322 e. The minimum atomic E-state index is -0.797. The van der Waals surface area contributed by atoms with Crippen molar-refractivity contribution in [2.45, 2.75) is 52.1 Å². The van der Waals surface area contributed by atoms with E-state index in [4.69, 9.17) is 0 Å². The second kappa shape index (κ2) is 5.52. The van der Waals surface area contributed by atoms with E-state index in [1.165, 1.54) is 24.2 Å². The predicted molar refractivity (Wildman–Crippen MR) is 68.7 cm³/mol. The maximum absolute atomic E-state index is 11.2. The van der Waals surface area contributed by atoms with Gasteiger partial charge in [0.05, 0.1) is 12.2 Å². The SMILES string of the molecule is CCNC(Cn1c(C)nc2c1CCCC2)C(=O)O. The van der Waals surface area contributed by atoms with Crippen LogP contribution in [0.5, 0.6) is 0 Å². The third kappa shape index (κ3) is 2.56. The number of fused-ring (bicyclic) bond motifs is 1. The van der Waals surface area contributed by atoms with E-state index in [0.29, 0.717) is 13.1 Å². The molecule has 1 aliphatic carbocycles. The molecule has 18 heavy (non-hydrogen) atoms. The highest BCUT2D eigenvalue weighted by molar-refractivity contribution is 5.73. The predicted octanol–water partition coefficient (Wildman–Crippen LogP) is 1.13. The molecule has 1 atom stereocenters. The fraction of sp³-hybridized carbons (Fsp3) is 0.692. The van der Waals surface area contributed by atoms with Crippen molar-refractivity contribution in [2.75, 3.05) is 6.54 Å². The summed E-state index contributed by atoms with van der Waals surface area (Å²) in [4.78, 5) is 15.8. The Kier molecular flexibility index (Phi) is 4.01. The molecule has 0 saturated carbocycles. The first-order valence-corrected chi connectivity index (χ1v) is 6.64. The summed E-state index contributed by atoms with van der Waals surface area (Å²) >= 11 is 0. The molecule has 0 saturated heterocycles. The van der Waals surface area contributed by atoms with Crippen LogP contribution in [0.15, 0.2) is 0 Å². The molecule has 0 radical (unpaired) electrons. The molecule has 0 fully saturated rings. The molecule has 0 amide bonds. The molecule has 5 heteroatoms. The number of likely N-dealkylation sites (N-methyl/N-ethyl adjacent to an activating group) is 1. The number of nitrogens with one attached hydrogen (secondary N) is 1. The summed E-state index contributed by atoms with van der Waals surface area (Å²) in [5, 5.41) is 12.2. The van der Waals surface area contributed by atoms with Gasteiger partial charge in [-0.3, -0.25) is 4.79 Å². The average molecular weight is 251 g/mol. The number of aliphatic carboxylic acids is 1. The standard InChI is InChI=1S/C13H21N3O2/c1-3-14-11(13(17)18)8-16-9(2)15-10-6-4-5-7-12(10)16/h11,14H,3-8H2,1-2H3,(H,17,18). The monoisotopic (exact) mass is 251 g/mol. The van der Waals surface area contributed by atoms with E-state index < -0.39 is 12.0 Å². The molecule has 0 aromatic carbocycles. The number of carboxylic acids is 1. The van der Waals surface area contributed by atoms with E-state index >= 15 is 0 Å². The fourth-order valence-corrected chi connectivity index (χ4v) is 2.64. The van der Waals surface area contributed by atoms with Crippen molar-refractivity contribution < 1.29 is 9.90 Å². The topological polar surface area (TPSA) is 67.2 Å². The highest BCUT2D eigenvalue weighted by atomic mass is 16.4. The van der Waals surface area contributed by atoms with Gasteiger partial charge in [0.15, 0.2) is 0 Å². The Labute approximate surface area is 107 Å². The third-order valence-electron chi connectivity index (χ3n) is 3.54. The van der Waals surface area contributed by atoms with Crippen molar-refractivity contribution in [3.63, 3.8) is 0 Å². The van der Waals surface area contributed by atoms with Crippen molar-refractivity contribution in [3.05, 3.63) is 17.2 Å². The lowest BCUT2D eigenvalue weighted by Crippen LogP contribution is -2.40. The second-order valence-electron chi connectivity index (χ2n) is 4.82. The van der Waals surface area contributed by atoms with Crippen molar-refractivity contribution in [3.8, 4) is 0 Å². The van der Waals surface area contributed by atoms with Crippen molar-refractivity contribution >= 4 is 5.97 Å². The Morgan fingerprint density at radius 3 is 2.89 bits per heavy atom. The van der Waals surface area contributed by atoms with Crippen LogP contribution in [0.1, 0.15) is 37.0 Å². The van der Waals surface area contributed by atoms with Gasteiger partial charge in [-0.05, 0) is 39.2 Å². The van der Waals surface area contributed by atoms with Gasteiger partial charge in [-0.1, -0.05) is 6.92 Å². The Balaban J connectivity index is 2.22. The number of carboxylic acid groups (broad SMARTS) is 1. The second-order valence-corrected chi connectivity index (χ2v) is 4.82. The van der Waals surface area contributed by atoms with Gasteiger partial charge >= 0.3 is 5.97 Å². The number of nitrogens with zero attached hydrogens (tertiary/aromatic N) is 2. The van der Waals surface area contributed by atoms with Crippen LogP contribution in [0.25, 0.3) is 0 Å². The van der Waals surface area contributed by atoms with Crippen LogP contribution in [0.4, 0.5) is 0 Å². The summed E-state index contributed by atoms with van der Waals surface area (Å²) in [6.45, 7) is 5.01.